The fourth-order valence-electron chi connectivity index (χ4n) is 2.48. The van der Waals surface area contributed by atoms with Crippen LogP contribution in [0.2, 0.25) is 0 Å². The lowest BCUT2D eigenvalue weighted by Gasteiger charge is -2.24. The maximum absolute atomic E-state index is 9.21. The third kappa shape index (κ3) is 4.16. The van der Waals surface area contributed by atoms with Gasteiger partial charge in [0, 0.05) is 40.1 Å². The van der Waals surface area contributed by atoms with Crippen LogP contribution in [0, 0.1) is 0 Å². The van der Waals surface area contributed by atoms with E-state index in [1.165, 1.54) is 0 Å². The fraction of sp³-hybridized carbons (Fsp3) is 0.294. The van der Waals surface area contributed by atoms with Crippen molar-refractivity contribution in [3.05, 3.63) is 40.9 Å². The lowest BCUT2D eigenvalue weighted by atomic mass is 10.0. The van der Waals surface area contributed by atoms with Crippen molar-refractivity contribution in [2.75, 3.05) is 44.0 Å². The number of hydrogen-bond donors (Lipinski definition) is 3. The van der Waals surface area contributed by atoms with Gasteiger partial charge in [-0.05, 0) is 36.4 Å². The van der Waals surface area contributed by atoms with E-state index >= 15 is 0 Å². The van der Waals surface area contributed by atoms with E-state index in [0.29, 0.717) is 18.8 Å². The van der Waals surface area contributed by atoms with Crippen molar-refractivity contribution < 1.29 is 14.9 Å². The Morgan fingerprint density at radius 2 is 1.74 bits per heavy atom. The number of hydrogen-bond acceptors (Lipinski definition) is 5. The molecule has 0 aliphatic heterocycles. The average molecular weight is 381 g/mol. The zero-order valence-electron chi connectivity index (χ0n) is 13.0. The van der Waals surface area contributed by atoms with Crippen LogP contribution in [0.3, 0.4) is 0 Å². The number of anilines is 2. The molecule has 2 aromatic carbocycles. The highest BCUT2D eigenvalue weighted by Gasteiger charge is 2.13. The molecule has 124 valence electrons. The van der Waals surface area contributed by atoms with E-state index in [2.05, 4.69) is 15.9 Å². The first kappa shape index (κ1) is 17.6. The molecule has 6 heteroatoms. The van der Waals surface area contributed by atoms with E-state index in [4.69, 9.17) is 10.5 Å². The topological polar surface area (TPSA) is 79.0 Å². The molecule has 0 aliphatic rings. The average Bonchev–Trinajstić information content (AvgIpc) is 2.55. The van der Waals surface area contributed by atoms with E-state index in [0.717, 1.165) is 27.0 Å². The summed E-state index contributed by atoms with van der Waals surface area (Å²) in [7, 11) is 1.62. The fourth-order valence-corrected chi connectivity index (χ4v) is 2.84. The molecule has 0 unspecified atom stereocenters. The Morgan fingerprint density at radius 3 is 2.35 bits per heavy atom. The van der Waals surface area contributed by atoms with Gasteiger partial charge in [0.2, 0.25) is 0 Å². The molecule has 0 bridgehead atoms. The van der Waals surface area contributed by atoms with Crippen LogP contribution in [0.1, 0.15) is 0 Å². The number of methoxy groups -OCH3 is 1. The van der Waals surface area contributed by atoms with Gasteiger partial charge in [-0.25, -0.2) is 0 Å². The van der Waals surface area contributed by atoms with Gasteiger partial charge < -0.3 is 25.6 Å². The quantitative estimate of drug-likeness (QED) is 0.643. The van der Waals surface area contributed by atoms with Gasteiger partial charge in [-0.3, -0.25) is 0 Å². The van der Waals surface area contributed by atoms with Crippen LogP contribution in [0.5, 0.6) is 5.75 Å². The Labute approximate surface area is 144 Å². The summed E-state index contributed by atoms with van der Waals surface area (Å²) < 4.78 is 6.37. The van der Waals surface area contributed by atoms with Crippen molar-refractivity contribution in [3.63, 3.8) is 0 Å². The molecule has 0 spiro atoms. The van der Waals surface area contributed by atoms with Crippen LogP contribution in [0.15, 0.2) is 40.9 Å². The number of nitrogen functional groups attached to an aromatic ring is 1. The van der Waals surface area contributed by atoms with E-state index in [1.807, 2.05) is 41.3 Å². The first-order chi connectivity index (χ1) is 11.1. The predicted octanol–water partition coefficient (Wildman–Crippen LogP) is 2.50. The van der Waals surface area contributed by atoms with Crippen LogP contribution in [0.25, 0.3) is 11.1 Å². The molecule has 0 heterocycles. The first-order valence-corrected chi connectivity index (χ1v) is 8.10. The van der Waals surface area contributed by atoms with Crippen molar-refractivity contribution in [1.29, 1.82) is 0 Å². The van der Waals surface area contributed by atoms with Crippen LogP contribution < -0.4 is 15.4 Å². The van der Waals surface area contributed by atoms with Crippen LogP contribution in [0.4, 0.5) is 11.4 Å². The SMILES string of the molecule is COc1ccc(Br)cc1-c1cc(N(CCO)CCO)ccc1N. The van der Waals surface area contributed by atoms with Gasteiger partial charge in [0.25, 0.3) is 0 Å². The zero-order chi connectivity index (χ0) is 16.8. The standard InChI is InChI=1S/C17H21BrN2O3/c1-23-17-5-2-12(18)10-15(17)14-11-13(3-4-16(14)19)20(6-8-21)7-9-22/h2-5,10-11,21-22H,6-9,19H2,1H3. The largest absolute Gasteiger partial charge is 0.496 e. The Kier molecular flexibility index (Phi) is 6.27. The second kappa shape index (κ2) is 8.19. The highest BCUT2D eigenvalue weighted by Crippen LogP contribution is 2.37. The molecule has 0 fully saturated rings. The van der Waals surface area contributed by atoms with Gasteiger partial charge in [-0.15, -0.1) is 0 Å². The Balaban J connectivity index is 2.51. The molecule has 0 aliphatic carbocycles. The molecule has 0 saturated heterocycles. The molecule has 0 radical (unpaired) electrons. The Morgan fingerprint density at radius 1 is 1.04 bits per heavy atom. The minimum atomic E-state index is 0.0138. The Hall–Kier alpha value is -1.76. The summed E-state index contributed by atoms with van der Waals surface area (Å²) in [5, 5.41) is 18.4. The lowest BCUT2D eigenvalue weighted by Crippen LogP contribution is -2.29. The second-order valence-corrected chi connectivity index (χ2v) is 5.97. The Bertz CT molecular complexity index is 658. The highest BCUT2D eigenvalue weighted by atomic mass is 79.9. The van der Waals surface area contributed by atoms with Gasteiger partial charge in [0.15, 0.2) is 0 Å². The second-order valence-electron chi connectivity index (χ2n) is 5.05. The van der Waals surface area contributed by atoms with Crippen molar-refractivity contribution in [3.8, 4) is 16.9 Å². The third-order valence-corrected chi connectivity index (χ3v) is 4.09. The molecule has 0 saturated carbocycles. The molecule has 5 nitrogen and oxygen atoms in total. The van der Waals surface area contributed by atoms with E-state index in [-0.39, 0.29) is 13.2 Å². The molecule has 23 heavy (non-hydrogen) atoms. The van der Waals surface area contributed by atoms with Crippen molar-refractivity contribution >= 4 is 27.3 Å². The number of nitrogens with two attached hydrogens (primary N) is 1. The molecule has 2 rings (SSSR count). The van der Waals surface area contributed by atoms with Crippen molar-refractivity contribution in [1.82, 2.24) is 0 Å². The summed E-state index contributed by atoms with van der Waals surface area (Å²) in [4.78, 5) is 1.91. The summed E-state index contributed by atoms with van der Waals surface area (Å²) in [6, 6.07) is 11.4. The summed E-state index contributed by atoms with van der Waals surface area (Å²) in [6.07, 6.45) is 0. The normalized spacial score (nSPS) is 10.6. The summed E-state index contributed by atoms with van der Waals surface area (Å²) in [5.41, 5.74) is 9.41. The van der Waals surface area contributed by atoms with E-state index < -0.39 is 0 Å². The molecule has 4 N–H and O–H groups in total. The van der Waals surface area contributed by atoms with Crippen molar-refractivity contribution in [2.24, 2.45) is 0 Å². The summed E-state index contributed by atoms with van der Waals surface area (Å²) in [5.74, 6) is 0.730. The maximum atomic E-state index is 9.21. The van der Waals surface area contributed by atoms with Crippen LogP contribution >= 0.6 is 15.9 Å². The van der Waals surface area contributed by atoms with Gasteiger partial charge >= 0.3 is 0 Å². The molecular formula is C17H21BrN2O3. The van der Waals surface area contributed by atoms with Gasteiger partial charge in [0.1, 0.15) is 5.75 Å². The first-order valence-electron chi connectivity index (χ1n) is 7.30. The lowest BCUT2D eigenvalue weighted by molar-refractivity contribution is 0.281. The number of aliphatic hydroxyl groups excluding tert-OH is 2. The monoisotopic (exact) mass is 380 g/mol. The smallest absolute Gasteiger partial charge is 0.126 e. The molecule has 2 aromatic rings. The molecule has 0 aromatic heterocycles. The number of nitrogens with zero attached hydrogens (tertiary/aromatic N) is 1. The minimum Gasteiger partial charge on any atom is -0.496 e. The molecule has 0 atom stereocenters. The third-order valence-electron chi connectivity index (χ3n) is 3.59. The van der Waals surface area contributed by atoms with Gasteiger partial charge in [-0.1, -0.05) is 15.9 Å². The zero-order valence-corrected chi connectivity index (χ0v) is 14.6. The van der Waals surface area contributed by atoms with Crippen LogP contribution in [-0.4, -0.2) is 43.6 Å². The van der Waals surface area contributed by atoms with Crippen LogP contribution in [-0.2, 0) is 0 Å². The number of rotatable bonds is 7. The van der Waals surface area contributed by atoms with E-state index in [1.54, 1.807) is 7.11 Å². The van der Waals surface area contributed by atoms with Gasteiger partial charge in [0.05, 0.1) is 20.3 Å². The number of halogens is 1. The summed E-state index contributed by atoms with van der Waals surface area (Å²) >= 11 is 3.47. The van der Waals surface area contributed by atoms with Gasteiger partial charge in [-0.2, -0.15) is 0 Å². The van der Waals surface area contributed by atoms with E-state index in [9.17, 15) is 10.2 Å². The number of aliphatic hydroxyl groups is 2. The maximum Gasteiger partial charge on any atom is 0.126 e. The minimum absolute atomic E-state index is 0.0138. The highest BCUT2D eigenvalue weighted by molar-refractivity contribution is 9.10. The number of benzene rings is 2. The summed E-state index contributed by atoms with van der Waals surface area (Å²) in [6.45, 7) is 0.916. The van der Waals surface area contributed by atoms with Crippen molar-refractivity contribution in [2.45, 2.75) is 0 Å². The number of ether oxygens (including phenoxy) is 1. The molecular weight excluding hydrogens is 360 g/mol. The molecule has 0 amide bonds. The predicted molar refractivity (Wildman–Crippen MR) is 96.9 cm³/mol.